The summed E-state index contributed by atoms with van der Waals surface area (Å²) in [5.41, 5.74) is -0.0396. The van der Waals surface area contributed by atoms with Crippen LogP contribution < -0.4 is 4.90 Å². The second kappa shape index (κ2) is 4.23. The van der Waals surface area contributed by atoms with Crippen molar-refractivity contribution in [3.63, 3.8) is 0 Å². The second-order valence-corrected chi connectivity index (χ2v) is 5.07. The van der Waals surface area contributed by atoms with Gasteiger partial charge in [0.05, 0.1) is 6.54 Å². The van der Waals surface area contributed by atoms with Gasteiger partial charge in [-0.15, -0.1) is 0 Å². The number of benzene rings is 1. The first-order chi connectivity index (χ1) is 9.14. The molecule has 2 aliphatic rings. The van der Waals surface area contributed by atoms with Gasteiger partial charge in [0.15, 0.2) is 6.19 Å². The molecule has 1 atom stereocenters. The molecule has 4 nitrogen and oxygen atoms in total. The maximum absolute atomic E-state index is 14.7. The van der Waals surface area contributed by atoms with Crippen LogP contribution in [0.25, 0.3) is 0 Å². The monoisotopic (exact) mass is 259 g/mol. The molecule has 1 saturated heterocycles. The van der Waals surface area contributed by atoms with E-state index in [1.165, 1.54) is 9.80 Å². The molecule has 1 unspecified atom stereocenters. The fourth-order valence-corrected chi connectivity index (χ4v) is 2.82. The SMILES string of the molecule is N#CN1CCC(F)(C(=O)N2CCc3ccccc32)C1. The van der Waals surface area contributed by atoms with Gasteiger partial charge in [0, 0.05) is 25.2 Å². The smallest absolute Gasteiger partial charge is 0.266 e. The van der Waals surface area contributed by atoms with Crippen LogP contribution in [0, 0.1) is 11.5 Å². The number of likely N-dealkylation sites (tertiary alicyclic amines) is 1. The molecule has 1 amide bonds. The summed E-state index contributed by atoms with van der Waals surface area (Å²) in [5.74, 6) is -0.504. The van der Waals surface area contributed by atoms with Gasteiger partial charge in [-0.25, -0.2) is 4.39 Å². The first-order valence-electron chi connectivity index (χ1n) is 6.37. The molecule has 0 N–H and O–H groups in total. The van der Waals surface area contributed by atoms with Crippen molar-refractivity contribution in [3.05, 3.63) is 29.8 Å². The molecule has 5 heteroatoms. The van der Waals surface area contributed by atoms with Crippen LogP contribution in [0.2, 0.25) is 0 Å². The van der Waals surface area contributed by atoms with E-state index in [2.05, 4.69) is 0 Å². The van der Waals surface area contributed by atoms with Gasteiger partial charge in [-0.2, -0.15) is 5.26 Å². The van der Waals surface area contributed by atoms with Gasteiger partial charge < -0.3 is 9.80 Å². The van der Waals surface area contributed by atoms with Crippen molar-refractivity contribution >= 4 is 11.6 Å². The number of amides is 1. The zero-order valence-electron chi connectivity index (χ0n) is 10.5. The zero-order valence-corrected chi connectivity index (χ0v) is 10.5. The fourth-order valence-electron chi connectivity index (χ4n) is 2.82. The lowest BCUT2D eigenvalue weighted by atomic mass is 10.0. The third-order valence-corrected chi connectivity index (χ3v) is 3.88. The minimum atomic E-state index is -1.92. The highest BCUT2D eigenvalue weighted by Crippen LogP contribution is 2.34. The van der Waals surface area contributed by atoms with Crippen molar-refractivity contribution in [2.45, 2.75) is 18.5 Å². The lowest BCUT2D eigenvalue weighted by Gasteiger charge is -2.25. The Hall–Kier alpha value is -2.09. The Morgan fingerprint density at radius 3 is 2.89 bits per heavy atom. The molecule has 0 radical (unpaired) electrons. The summed E-state index contributed by atoms with van der Waals surface area (Å²) < 4.78 is 14.7. The molecule has 0 aliphatic carbocycles. The first-order valence-corrected chi connectivity index (χ1v) is 6.37. The maximum Gasteiger partial charge on any atom is 0.266 e. The van der Waals surface area contributed by atoms with Crippen LogP contribution in [0.5, 0.6) is 0 Å². The Morgan fingerprint density at radius 2 is 2.16 bits per heavy atom. The van der Waals surface area contributed by atoms with E-state index in [1.54, 1.807) is 0 Å². The summed E-state index contributed by atoms with van der Waals surface area (Å²) >= 11 is 0. The van der Waals surface area contributed by atoms with Gasteiger partial charge in [0.1, 0.15) is 0 Å². The summed E-state index contributed by atoms with van der Waals surface area (Å²) in [6.45, 7) is 0.714. The van der Waals surface area contributed by atoms with Crippen LogP contribution in [-0.2, 0) is 11.2 Å². The van der Waals surface area contributed by atoms with Gasteiger partial charge in [0.2, 0.25) is 5.67 Å². The van der Waals surface area contributed by atoms with Gasteiger partial charge in [-0.3, -0.25) is 4.79 Å². The predicted octanol–water partition coefficient (Wildman–Crippen LogP) is 1.47. The van der Waals surface area contributed by atoms with Gasteiger partial charge in [0.25, 0.3) is 5.91 Å². The predicted molar refractivity (Wildman–Crippen MR) is 68.1 cm³/mol. The van der Waals surface area contributed by atoms with Crippen LogP contribution in [0.3, 0.4) is 0 Å². The number of carbonyl (C=O) groups is 1. The van der Waals surface area contributed by atoms with Crippen LogP contribution in [0.15, 0.2) is 24.3 Å². The van der Waals surface area contributed by atoms with Crippen molar-refractivity contribution in [1.82, 2.24) is 4.90 Å². The highest BCUT2D eigenvalue weighted by Gasteiger charge is 2.48. The van der Waals surface area contributed by atoms with Crippen molar-refractivity contribution in [2.24, 2.45) is 0 Å². The molecule has 19 heavy (non-hydrogen) atoms. The molecule has 1 aromatic carbocycles. The van der Waals surface area contributed by atoms with E-state index in [4.69, 9.17) is 5.26 Å². The molecule has 1 fully saturated rings. The number of halogens is 1. The molecule has 2 heterocycles. The van der Waals surface area contributed by atoms with E-state index in [0.717, 1.165) is 17.7 Å². The number of para-hydroxylation sites is 1. The molecule has 0 bridgehead atoms. The number of fused-ring (bicyclic) bond motifs is 1. The average molecular weight is 259 g/mol. The lowest BCUT2D eigenvalue weighted by Crippen LogP contribution is -2.47. The van der Waals surface area contributed by atoms with Gasteiger partial charge >= 0.3 is 0 Å². The largest absolute Gasteiger partial charge is 0.309 e. The number of hydrogen-bond acceptors (Lipinski definition) is 3. The minimum Gasteiger partial charge on any atom is -0.309 e. The molecular weight excluding hydrogens is 245 g/mol. The minimum absolute atomic E-state index is 0.0953. The van der Waals surface area contributed by atoms with E-state index < -0.39 is 11.6 Å². The Bertz CT molecular complexity index is 568. The number of hydrogen-bond donors (Lipinski definition) is 0. The van der Waals surface area contributed by atoms with E-state index in [9.17, 15) is 9.18 Å². The molecule has 0 spiro atoms. The Labute approximate surface area is 111 Å². The highest BCUT2D eigenvalue weighted by atomic mass is 19.1. The van der Waals surface area contributed by atoms with Gasteiger partial charge in [-0.05, 0) is 18.1 Å². The average Bonchev–Trinajstić information content (AvgIpc) is 3.02. The normalized spacial score (nSPS) is 25.3. The fraction of sp³-hybridized carbons (Fsp3) is 0.429. The van der Waals surface area contributed by atoms with Crippen molar-refractivity contribution in [1.29, 1.82) is 5.26 Å². The number of carbonyl (C=O) groups excluding carboxylic acids is 1. The maximum atomic E-state index is 14.7. The van der Waals surface area contributed by atoms with Crippen LogP contribution in [0.4, 0.5) is 10.1 Å². The first kappa shape index (κ1) is 12.0. The number of nitrogens with zero attached hydrogens (tertiary/aromatic N) is 3. The Morgan fingerprint density at radius 1 is 1.37 bits per heavy atom. The summed E-state index contributed by atoms with van der Waals surface area (Å²) in [6.07, 6.45) is 2.77. The molecule has 0 saturated carbocycles. The second-order valence-electron chi connectivity index (χ2n) is 5.07. The summed E-state index contributed by atoms with van der Waals surface area (Å²) in [6, 6.07) is 7.58. The molecule has 0 aromatic heterocycles. The third-order valence-electron chi connectivity index (χ3n) is 3.88. The van der Waals surface area contributed by atoms with E-state index >= 15 is 0 Å². The van der Waals surface area contributed by atoms with Crippen molar-refractivity contribution in [2.75, 3.05) is 24.5 Å². The third kappa shape index (κ3) is 1.84. The van der Waals surface area contributed by atoms with Gasteiger partial charge in [-0.1, -0.05) is 18.2 Å². The molecule has 3 rings (SSSR count). The van der Waals surface area contributed by atoms with Crippen LogP contribution in [0.1, 0.15) is 12.0 Å². The van der Waals surface area contributed by atoms with Crippen molar-refractivity contribution < 1.29 is 9.18 Å². The Kier molecular flexibility index (Phi) is 2.67. The zero-order chi connectivity index (χ0) is 13.5. The topological polar surface area (TPSA) is 47.3 Å². The van der Waals surface area contributed by atoms with Crippen LogP contribution >= 0.6 is 0 Å². The number of anilines is 1. The molecule has 98 valence electrons. The summed E-state index contributed by atoms with van der Waals surface area (Å²) in [4.78, 5) is 15.2. The number of nitriles is 1. The Balaban J connectivity index is 1.85. The van der Waals surface area contributed by atoms with E-state index in [0.29, 0.717) is 13.1 Å². The molecule has 1 aromatic rings. The summed E-state index contributed by atoms with van der Waals surface area (Å²) in [7, 11) is 0. The van der Waals surface area contributed by atoms with Crippen molar-refractivity contribution in [3.8, 4) is 6.19 Å². The molecular formula is C14H14FN3O. The lowest BCUT2D eigenvalue weighted by molar-refractivity contribution is -0.129. The number of alkyl halides is 1. The summed E-state index contributed by atoms with van der Waals surface area (Å²) in [5, 5.41) is 8.79. The molecule has 2 aliphatic heterocycles. The van der Waals surface area contributed by atoms with E-state index in [1.807, 2.05) is 30.5 Å². The quantitative estimate of drug-likeness (QED) is 0.717. The highest BCUT2D eigenvalue weighted by molar-refractivity contribution is 6.01. The van der Waals surface area contributed by atoms with Crippen LogP contribution in [-0.4, -0.2) is 36.1 Å². The standard InChI is InChI=1S/C14H14FN3O/c15-14(6-8-17(9-14)10-16)13(19)18-7-5-11-3-1-2-4-12(11)18/h1-4H,5-9H2. The number of rotatable bonds is 1. The van der Waals surface area contributed by atoms with E-state index in [-0.39, 0.29) is 13.0 Å².